The Morgan fingerprint density at radius 2 is 2.00 bits per heavy atom. The summed E-state index contributed by atoms with van der Waals surface area (Å²) in [5, 5.41) is 7.76. The van der Waals surface area contributed by atoms with Crippen LogP contribution in [-0.4, -0.2) is 22.4 Å². The van der Waals surface area contributed by atoms with Gasteiger partial charge in [0.2, 0.25) is 0 Å². The maximum absolute atomic E-state index is 4.27. The Kier molecular flexibility index (Phi) is 4.93. The van der Waals surface area contributed by atoms with E-state index in [0.717, 1.165) is 6.54 Å². The molecule has 0 unspecified atom stereocenters. The van der Waals surface area contributed by atoms with Crippen molar-refractivity contribution in [3.05, 3.63) is 60.4 Å². The first-order valence-electron chi connectivity index (χ1n) is 6.71. The number of hydrogen-bond acceptors (Lipinski definition) is 2. The first-order chi connectivity index (χ1) is 9.27. The van der Waals surface area contributed by atoms with E-state index in [9.17, 15) is 0 Å². The third-order valence-electron chi connectivity index (χ3n) is 3.33. The normalized spacial score (nSPS) is 14.6. The van der Waals surface area contributed by atoms with E-state index in [-0.39, 0.29) is 0 Å². The quantitative estimate of drug-likeness (QED) is 0.859. The van der Waals surface area contributed by atoms with Crippen molar-refractivity contribution in [3.63, 3.8) is 0 Å². The minimum Gasteiger partial charge on any atom is -0.309 e. The minimum absolute atomic E-state index is 0.347. The van der Waals surface area contributed by atoms with Crippen molar-refractivity contribution in [2.75, 3.05) is 6.54 Å². The predicted octanol–water partition coefficient (Wildman–Crippen LogP) is 3.14. The Hall–Kier alpha value is -1.87. The molecule has 0 saturated carbocycles. The van der Waals surface area contributed by atoms with Crippen LogP contribution in [0.4, 0.5) is 0 Å². The monoisotopic (exact) mass is 255 g/mol. The Bertz CT molecular complexity index is 488. The summed E-state index contributed by atoms with van der Waals surface area (Å²) in [5.41, 5.74) is 1.23. The molecule has 0 aliphatic carbocycles. The van der Waals surface area contributed by atoms with Gasteiger partial charge in [0.1, 0.15) is 0 Å². The Morgan fingerprint density at radius 3 is 2.68 bits per heavy atom. The van der Waals surface area contributed by atoms with Gasteiger partial charge < -0.3 is 5.32 Å². The summed E-state index contributed by atoms with van der Waals surface area (Å²) in [6.07, 6.45) is 8.11. The molecule has 2 rings (SSSR count). The molecular weight excluding hydrogens is 234 g/mol. The Labute approximate surface area is 115 Å². The highest BCUT2D eigenvalue weighted by molar-refractivity contribution is 5.48. The van der Waals surface area contributed by atoms with Crippen LogP contribution in [0.2, 0.25) is 0 Å². The van der Waals surface area contributed by atoms with Gasteiger partial charge in [-0.3, -0.25) is 4.68 Å². The second kappa shape index (κ2) is 6.90. The van der Waals surface area contributed by atoms with Crippen LogP contribution in [0.15, 0.2) is 54.9 Å². The lowest BCUT2D eigenvalue weighted by Gasteiger charge is -2.21. The molecule has 2 aromatic rings. The van der Waals surface area contributed by atoms with E-state index in [0.29, 0.717) is 12.1 Å². The summed E-state index contributed by atoms with van der Waals surface area (Å²) in [6.45, 7) is 5.22. The van der Waals surface area contributed by atoms with Crippen LogP contribution in [-0.2, 0) is 0 Å². The lowest BCUT2D eigenvalue weighted by molar-refractivity contribution is 0.376. The van der Waals surface area contributed by atoms with Gasteiger partial charge in [0.25, 0.3) is 0 Å². The second-order valence-electron chi connectivity index (χ2n) is 4.74. The first-order valence-corrected chi connectivity index (χ1v) is 6.71. The maximum atomic E-state index is 4.27. The second-order valence-corrected chi connectivity index (χ2v) is 4.74. The molecule has 0 amide bonds. The summed E-state index contributed by atoms with van der Waals surface area (Å²) >= 11 is 0. The van der Waals surface area contributed by atoms with Crippen molar-refractivity contribution in [2.45, 2.75) is 25.9 Å². The third-order valence-corrected chi connectivity index (χ3v) is 3.33. The Morgan fingerprint density at radius 1 is 1.21 bits per heavy atom. The van der Waals surface area contributed by atoms with E-state index in [4.69, 9.17) is 0 Å². The van der Waals surface area contributed by atoms with Crippen molar-refractivity contribution in [3.8, 4) is 0 Å². The molecule has 3 heteroatoms. The fourth-order valence-corrected chi connectivity index (χ4v) is 1.93. The van der Waals surface area contributed by atoms with Gasteiger partial charge in [0, 0.05) is 25.0 Å². The average molecular weight is 255 g/mol. The summed E-state index contributed by atoms with van der Waals surface area (Å²) in [4.78, 5) is 0. The van der Waals surface area contributed by atoms with Crippen LogP contribution >= 0.6 is 0 Å². The maximum Gasteiger partial charge on any atom is 0.0641 e. The van der Waals surface area contributed by atoms with Crippen LogP contribution < -0.4 is 5.32 Å². The van der Waals surface area contributed by atoms with Gasteiger partial charge in [-0.05, 0) is 25.5 Å². The van der Waals surface area contributed by atoms with Crippen LogP contribution in [0.25, 0.3) is 6.08 Å². The summed E-state index contributed by atoms with van der Waals surface area (Å²) in [7, 11) is 0. The first kappa shape index (κ1) is 13.6. The van der Waals surface area contributed by atoms with Gasteiger partial charge in [0.15, 0.2) is 0 Å². The molecule has 1 N–H and O–H groups in total. The zero-order valence-electron chi connectivity index (χ0n) is 11.5. The van der Waals surface area contributed by atoms with Crippen LogP contribution in [0, 0.1) is 0 Å². The molecule has 1 aromatic heterocycles. The molecular formula is C16H21N3. The fourth-order valence-electron chi connectivity index (χ4n) is 1.93. The van der Waals surface area contributed by atoms with Crippen molar-refractivity contribution in [1.82, 2.24) is 15.1 Å². The number of aromatic nitrogens is 2. The number of rotatable bonds is 6. The lowest BCUT2D eigenvalue weighted by Crippen LogP contribution is -2.34. The molecule has 0 spiro atoms. The number of nitrogens with one attached hydrogen (secondary N) is 1. The number of benzene rings is 1. The SMILES string of the molecule is C[C@H](NC/C=C\c1ccccc1)[C@@H](C)n1cccn1. The minimum atomic E-state index is 0.347. The number of nitrogens with zero attached hydrogens (tertiary/aromatic N) is 2. The molecule has 1 aromatic carbocycles. The molecule has 0 radical (unpaired) electrons. The van der Waals surface area contributed by atoms with Crippen LogP contribution in [0.3, 0.4) is 0 Å². The van der Waals surface area contributed by atoms with Gasteiger partial charge in [0.05, 0.1) is 6.04 Å². The molecule has 1 heterocycles. The molecule has 0 fully saturated rings. The fraction of sp³-hybridized carbons (Fsp3) is 0.312. The smallest absolute Gasteiger partial charge is 0.0641 e. The molecule has 100 valence electrons. The van der Waals surface area contributed by atoms with E-state index < -0.39 is 0 Å². The van der Waals surface area contributed by atoms with E-state index in [2.05, 4.69) is 60.7 Å². The lowest BCUT2D eigenvalue weighted by atomic mass is 10.1. The highest BCUT2D eigenvalue weighted by Gasteiger charge is 2.12. The summed E-state index contributed by atoms with van der Waals surface area (Å²) in [5.74, 6) is 0. The van der Waals surface area contributed by atoms with Crippen LogP contribution in [0.5, 0.6) is 0 Å². The van der Waals surface area contributed by atoms with Crippen molar-refractivity contribution >= 4 is 6.08 Å². The molecule has 0 bridgehead atoms. The number of hydrogen-bond donors (Lipinski definition) is 1. The zero-order chi connectivity index (χ0) is 13.5. The van der Waals surface area contributed by atoms with Crippen LogP contribution in [0.1, 0.15) is 25.5 Å². The summed E-state index contributed by atoms with van der Waals surface area (Å²) in [6, 6.07) is 13.0. The highest BCUT2D eigenvalue weighted by Crippen LogP contribution is 2.08. The molecule has 0 saturated heterocycles. The van der Waals surface area contributed by atoms with Gasteiger partial charge in [-0.25, -0.2) is 0 Å². The van der Waals surface area contributed by atoms with Crippen molar-refractivity contribution < 1.29 is 0 Å². The molecule has 19 heavy (non-hydrogen) atoms. The zero-order valence-corrected chi connectivity index (χ0v) is 11.5. The predicted molar refractivity (Wildman–Crippen MR) is 79.9 cm³/mol. The van der Waals surface area contributed by atoms with E-state index >= 15 is 0 Å². The average Bonchev–Trinajstić information content (AvgIpc) is 2.98. The molecule has 2 atom stereocenters. The van der Waals surface area contributed by atoms with Gasteiger partial charge in [-0.15, -0.1) is 0 Å². The standard InChI is InChI=1S/C16H21N3/c1-14(15(2)19-13-7-12-18-19)17-11-6-10-16-8-4-3-5-9-16/h3-10,12-15,17H,11H2,1-2H3/b10-6-/t14-,15+/m0/s1. The molecule has 0 aliphatic rings. The van der Waals surface area contributed by atoms with Crippen molar-refractivity contribution in [2.24, 2.45) is 0 Å². The van der Waals surface area contributed by atoms with E-state index in [1.165, 1.54) is 5.56 Å². The third kappa shape index (κ3) is 4.07. The van der Waals surface area contributed by atoms with E-state index in [1.807, 2.05) is 29.2 Å². The van der Waals surface area contributed by atoms with Crippen molar-refractivity contribution in [1.29, 1.82) is 0 Å². The molecule has 3 nitrogen and oxygen atoms in total. The summed E-state index contributed by atoms with van der Waals surface area (Å²) < 4.78 is 1.98. The Balaban J connectivity index is 1.78. The van der Waals surface area contributed by atoms with Gasteiger partial charge >= 0.3 is 0 Å². The highest BCUT2D eigenvalue weighted by atomic mass is 15.3. The van der Waals surface area contributed by atoms with Gasteiger partial charge in [-0.2, -0.15) is 5.10 Å². The topological polar surface area (TPSA) is 29.9 Å². The largest absolute Gasteiger partial charge is 0.309 e. The molecule has 0 aliphatic heterocycles. The van der Waals surface area contributed by atoms with E-state index in [1.54, 1.807) is 0 Å². The van der Waals surface area contributed by atoms with Gasteiger partial charge in [-0.1, -0.05) is 42.5 Å².